The number of methoxy groups -OCH3 is 3. The van der Waals surface area contributed by atoms with E-state index in [0.29, 0.717) is 33.4 Å². The lowest BCUT2D eigenvalue weighted by molar-refractivity contribution is -0.137. The molecule has 6 heteroatoms. The van der Waals surface area contributed by atoms with E-state index < -0.39 is 5.97 Å². The molecule has 0 aliphatic rings. The molecule has 4 aromatic rings. The standard InChI is InChI=1S/C31H27ClO5/c1-34-28-18-22(19-29(35-2)30(28)36-3)17-27(31(33)37-20-21-9-15-26(32)16-10-21)25-13-11-24(12-14-25)23-7-5-4-6-8-23/h4-19H,20H2,1-3H3/b27-17+. The van der Waals surface area contributed by atoms with Crippen LogP contribution in [0.3, 0.4) is 0 Å². The van der Waals surface area contributed by atoms with E-state index in [-0.39, 0.29) is 6.61 Å². The summed E-state index contributed by atoms with van der Waals surface area (Å²) in [4.78, 5) is 13.4. The van der Waals surface area contributed by atoms with Gasteiger partial charge in [-0.3, -0.25) is 0 Å². The SMILES string of the molecule is COc1cc(/C=C(/C(=O)OCc2ccc(Cl)cc2)c2ccc(-c3ccccc3)cc2)cc(OC)c1OC. The van der Waals surface area contributed by atoms with Crippen molar-refractivity contribution in [3.63, 3.8) is 0 Å². The van der Waals surface area contributed by atoms with Gasteiger partial charge in [-0.15, -0.1) is 0 Å². The first-order chi connectivity index (χ1) is 18.0. The molecule has 0 fully saturated rings. The third kappa shape index (κ3) is 6.32. The van der Waals surface area contributed by atoms with E-state index in [1.807, 2.05) is 66.7 Å². The fraction of sp³-hybridized carbons (Fsp3) is 0.129. The van der Waals surface area contributed by atoms with Crippen molar-refractivity contribution in [1.29, 1.82) is 0 Å². The van der Waals surface area contributed by atoms with Gasteiger partial charge in [-0.1, -0.05) is 78.3 Å². The summed E-state index contributed by atoms with van der Waals surface area (Å²) in [6.07, 6.45) is 1.76. The van der Waals surface area contributed by atoms with Crippen LogP contribution < -0.4 is 14.2 Å². The molecule has 0 aliphatic carbocycles. The van der Waals surface area contributed by atoms with Crippen LogP contribution in [0.2, 0.25) is 5.02 Å². The van der Waals surface area contributed by atoms with Crippen LogP contribution in [-0.4, -0.2) is 27.3 Å². The van der Waals surface area contributed by atoms with Crippen LogP contribution in [0.1, 0.15) is 16.7 Å². The molecule has 0 saturated heterocycles. The van der Waals surface area contributed by atoms with Crippen molar-refractivity contribution < 1.29 is 23.7 Å². The molecule has 0 atom stereocenters. The smallest absolute Gasteiger partial charge is 0.339 e. The molecule has 0 spiro atoms. The predicted molar refractivity (Wildman–Crippen MR) is 147 cm³/mol. The van der Waals surface area contributed by atoms with Crippen molar-refractivity contribution in [2.24, 2.45) is 0 Å². The summed E-state index contributed by atoms with van der Waals surface area (Å²) < 4.78 is 22.1. The zero-order chi connectivity index (χ0) is 26.2. The van der Waals surface area contributed by atoms with E-state index in [4.69, 9.17) is 30.5 Å². The van der Waals surface area contributed by atoms with E-state index >= 15 is 0 Å². The Bertz CT molecular complexity index is 1350. The van der Waals surface area contributed by atoms with Crippen LogP contribution in [0.15, 0.2) is 91.0 Å². The van der Waals surface area contributed by atoms with Crippen molar-refractivity contribution in [2.45, 2.75) is 6.61 Å². The minimum absolute atomic E-state index is 0.116. The molecule has 0 amide bonds. The lowest BCUT2D eigenvalue weighted by atomic mass is 9.98. The second-order valence-electron chi connectivity index (χ2n) is 8.16. The van der Waals surface area contributed by atoms with Gasteiger partial charge in [0.25, 0.3) is 0 Å². The third-order valence-corrected chi connectivity index (χ3v) is 6.06. The Labute approximate surface area is 221 Å². The Morgan fingerprint density at radius 3 is 1.92 bits per heavy atom. The molecule has 0 saturated carbocycles. The van der Waals surface area contributed by atoms with Gasteiger partial charge < -0.3 is 18.9 Å². The first kappa shape index (κ1) is 25.9. The fourth-order valence-corrected chi connectivity index (χ4v) is 4.02. The Kier molecular flexibility index (Phi) is 8.49. The number of hydrogen-bond donors (Lipinski definition) is 0. The van der Waals surface area contributed by atoms with Crippen LogP contribution in [0.5, 0.6) is 17.2 Å². The van der Waals surface area contributed by atoms with Crippen LogP contribution in [0.25, 0.3) is 22.8 Å². The average Bonchev–Trinajstić information content (AvgIpc) is 2.95. The number of carbonyl (C=O) groups is 1. The van der Waals surface area contributed by atoms with Gasteiger partial charge in [0.2, 0.25) is 5.75 Å². The lowest BCUT2D eigenvalue weighted by Crippen LogP contribution is -2.07. The molecule has 0 heterocycles. The monoisotopic (exact) mass is 514 g/mol. The zero-order valence-corrected chi connectivity index (χ0v) is 21.6. The molecule has 4 aromatic carbocycles. The Morgan fingerprint density at radius 2 is 1.35 bits per heavy atom. The maximum Gasteiger partial charge on any atom is 0.339 e. The minimum Gasteiger partial charge on any atom is -0.493 e. The summed E-state index contributed by atoms with van der Waals surface area (Å²) in [6.45, 7) is 0.116. The number of esters is 1. The quantitative estimate of drug-likeness (QED) is 0.133. The molecule has 188 valence electrons. The Hall–Kier alpha value is -4.22. The summed E-state index contributed by atoms with van der Waals surface area (Å²) in [5.41, 5.74) is 4.78. The summed E-state index contributed by atoms with van der Waals surface area (Å²) in [5, 5.41) is 0.622. The molecule has 0 radical (unpaired) electrons. The van der Waals surface area contributed by atoms with E-state index in [0.717, 1.165) is 22.3 Å². The summed E-state index contributed by atoms with van der Waals surface area (Å²) in [6, 6.07) is 28.6. The maximum atomic E-state index is 13.4. The second-order valence-corrected chi connectivity index (χ2v) is 8.60. The van der Waals surface area contributed by atoms with Crippen molar-refractivity contribution >= 4 is 29.2 Å². The first-order valence-corrected chi connectivity index (χ1v) is 12.0. The number of rotatable bonds is 9. The molecule has 0 N–H and O–H groups in total. The van der Waals surface area contributed by atoms with Gasteiger partial charge >= 0.3 is 5.97 Å². The van der Waals surface area contributed by atoms with Gasteiger partial charge in [0.1, 0.15) is 6.61 Å². The van der Waals surface area contributed by atoms with Crippen LogP contribution in [0.4, 0.5) is 0 Å². The summed E-state index contributed by atoms with van der Waals surface area (Å²) in [7, 11) is 4.65. The van der Waals surface area contributed by atoms with E-state index in [2.05, 4.69) is 0 Å². The van der Waals surface area contributed by atoms with E-state index in [9.17, 15) is 4.79 Å². The van der Waals surface area contributed by atoms with Crippen LogP contribution in [-0.2, 0) is 16.1 Å². The van der Waals surface area contributed by atoms with Crippen molar-refractivity contribution in [3.8, 4) is 28.4 Å². The van der Waals surface area contributed by atoms with Crippen molar-refractivity contribution in [3.05, 3.63) is 113 Å². The highest BCUT2D eigenvalue weighted by atomic mass is 35.5. The number of hydrogen-bond acceptors (Lipinski definition) is 5. The molecular formula is C31H27ClO5. The van der Waals surface area contributed by atoms with E-state index in [1.165, 1.54) is 0 Å². The zero-order valence-electron chi connectivity index (χ0n) is 20.9. The topological polar surface area (TPSA) is 54.0 Å². The van der Waals surface area contributed by atoms with Gasteiger partial charge in [0.15, 0.2) is 11.5 Å². The number of halogens is 1. The Balaban J connectivity index is 1.71. The lowest BCUT2D eigenvalue weighted by Gasteiger charge is -2.14. The van der Waals surface area contributed by atoms with Gasteiger partial charge in [-0.05, 0) is 58.2 Å². The minimum atomic E-state index is -0.462. The second kappa shape index (κ2) is 12.2. The average molecular weight is 515 g/mol. The summed E-state index contributed by atoms with van der Waals surface area (Å²) in [5.74, 6) is 0.986. The molecule has 0 aliphatic heterocycles. The van der Waals surface area contributed by atoms with Gasteiger partial charge in [-0.25, -0.2) is 4.79 Å². The van der Waals surface area contributed by atoms with Gasteiger partial charge in [0.05, 0.1) is 26.9 Å². The normalized spacial score (nSPS) is 11.1. The van der Waals surface area contributed by atoms with Gasteiger partial charge in [0, 0.05) is 5.02 Å². The highest BCUT2D eigenvalue weighted by molar-refractivity contribution is 6.30. The number of ether oxygens (including phenoxy) is 4. The van der Waals surface area contributed by atoms with Crippen LogP contribution in [0, 0.1) is 0 Å². The number of carbonyl (C=O) groups excluding carboxylic acids is 1. The fourth-order valence-electron chi connectivity index (χ4n) is 3.89. The molecule has 37 heavy (non-hydrogen) atoms. The van der Waals surface area contributed by atoms with Crippen molar-refractivity contribution in [2.75, 3.05) is 21.3 Å². The molecule has 0 unspecified atom stereocenters. The molecule has 0 aromatic heterocycles. The van der Waals surface area contributed by atoms with Gasteiger partial charge in [-0.2, -0.15) is 0 Å². The summed E-state index contributed by atoms with van der Waals surface area (Å²) >= 11 is 5.98. The van der Waals surface area contributed by atoms with Crippen molar-refractivity contribution in [1.82, 2.24) is 0 Å². The predicted octanol–water partition coefficient (Wildman–Crippen LogP) is 7.32. The third-order valence-electron chi connectivity index (χ3n) is 5.80. The molecule has 4 rings (SSSR count). The first-order valence-electron chi connectivity index (χ1n) is 11.6. The molecule has 0 bridgehead atoms. The Morgan fingerprint density at radius 1 is 0.757 bits per heavy atom. The van der Waals surface area contributed by atoms with Crippen LogP contribution >= 0.6 is 11.6 Å². The maximum absolute atomic E-state index is 13.4. The molecule has 5 nitrogen and oxygen atoms in total. The number of benzene rings is 4. The molecular weight excluding hydrogens is 488 g/mol. The highest BCUT2D eigenvalue weighted by Crippen LogP contribution is 2.39. The largest absolute Gasteiger partial charge is 0.493 e. The van der Waals surface area contributed by atoms with E-state index in [1.54, 1.807) is 51.7 Å². The highest BCUT2D eigenvalue weighted by Gasteiger charge is 2.17.